The third-order valence-corrected chi connectivity index (χ3v) is 3.53. The minimum atomic E-state index is 1.03. The van der Waals surface area contributed by atoms with Gasteiger partial charge >= 0.3 is 0 Å². The van der Waals surface area contributed by atoms with E-state index in [0.29, 0.717) is 0 Å². The van der Waals surface area contributed by atoms with Crippen LogP contribution < -0.4 is 5.32 Å². The first kappa shape index (κ1) is 12.1. The van der Waals surface area contributed by atoms with Crippen LogP contribution in [-0.4, -0.2) is 12.3 Å². The highest BCUT2D eigenvalue weighted by Gasteiger charge is 1.93. The predicted molar refractivity (Wildman–Crippen MR) is 76.7 cm³/mol. The van der Waals surface area contributed by atoms with E-state index in [4.69, 9.17) is 0 Å². The van der Waals surface area contributed by atoms with Crippen molar-refractivity contribution in [3.8, 4) is 0 Å². The van der Waals surface area contributed by atoms with Gasteiger partial charge in [-0.2, -0.15) is 0 Å². The van der Waals surface area contributed by atoms with Gasteiger partial charge in [0, 0.05) is 17.1 Å². The van der Waals surface area contributed by atoms with Crippen LogP contribution in [0.25, 0.3) is 0 Å². The van der Waals surface area contributed by atoms with Gasteiger partial charge in [-0.1, -0.05) is 36.4 Å². The molecule has 1 N–H and O–H groups in total. The number of hydrogen-bond acceptors (Lipinski definition) is 2. The quantitative estimate of drug-likeness (QED) is 0.600. The Morgan fingerprint density at radius 1 is 0.824 bits per heavy atom. The van der Waals surface area contributed by atoms with Crippen molar-refractivity contribution < 1.29 is 0 Å². The first-order valence-corrected chi connectivity index (χ1v) is 6.90. The number of thioether (sulfide) groups is 1. The molecule has 2 heteroatoms. The highest BCUT2D eigenvalue weighted by atomic mass is 32.2. The summed E-state index contributed by atoms with van der Waals surface area (Å²) in [5.41, 5.74) is 1.21. The summed E-state index contributed by atoms with van der Waals surface area (Å²) >= 11 is 1.92. The lowest BCUT2D eigenvalue weighted by atomic mass is 10.3. The topological polar surface area (TPSA) is 12.0 Å². The molecule has 17 heavy (non-hydrogen) atoms. The molecule has 0 aliphatic heterocycles. The van der Waals surface area contributed by atoms with Gasteiger partial charge in [0.1, 0.15) is 0 Å². The molecule has 0 unspecified atom stereocenters. The second-order valence-electron chi connectivity index (χ2n) is 3.81. The zero-order valence-corrected chi connectivity index (χ0v) is 10.6. The molecule has 0 amide bonds. The van der Waals surface area contributed by atoms with Crippen LogP contribution >= 0.6 is 11.8 Å². The van der Waals surface area contributed by atoms with E-state index < -0.39 is 0 Å². The smallest absolute Gasteiger partial charge is 0.0340 e. The minimum absolute atomic E-state index is 1.03. The molecular weight excluding hydrogens is 226 g/mol. The number of anilines is 1. The molecule has 0 saturated heterocycles. The van der Waals surface area contributed by atoms with E-state index in [0.717, 1.165) is 12.3 Å². The molecule has 0 atom stereocenters. The van der Waals surface area contributed by atoms with Crippen molar-refractivity contribution >= 4 is 17.4 Å². The maximum Gasteiger partial charge on any atom is 0.0340 e. The van der Waals surface area contributed by atoms with Crippen LogP contribution in [0.3, 0.4) is 0 Å². The zero-order valence-electron chi connectivity index (χ0n) is 9.80. The molecule has 0 saturated carbocycles. The second-order valence-corrected chi connectivity index (χ2v) is 4.98. The molecule has 0 heterocycles. The number of nitrogens with one attached hydrogen (secondary N) is 1. The minimum Gasteiger partial charge on any atom is -0.385 e. The van der Waals surface area contributed by atoms with E-state index in [1.54, 1.807) is 0 Å². The Hall–Kier alpha value is -1.41. The normalized spacial score (nSPS) is 10.1. The highest BCUT2D eigenvalue weighted by molar-refractivity contribution is 7.99. The maximum atomic E-state index is 3.42. The molecule has 0 aliphatic carbocycles. The third-order valence-electron chi connectivity index (χ3n) is 2.44. The van der Waals surface area contributed by atoms with E-state index in [-0.39, 0.29) is 0 Å². The fraction of sp³-hybridized carbons (Fsp3) is 0.200. The molecule has 0 radical (unpaired) electrons. The Balaban J connectivity index is 1.61. The van der Waals surface area contributed by atoms with E-state index in [1.807, 2.05) is 17.8 Å². The summed E-state index contributed by atoms with van der Waals surface area (Å²) < 4.78 is 0. The molecular formula is C15H17NS. The lowest BCUT2D eigenvalue weighted by molar-refractivity contribution is 0.991. The molecule has 0 bridgehead atoms. The summed E-state index contributed by atoms with van der Waals surface area (Å²) in [6, 6.07) is 20.9. The number of para-hydroxylation sites is 1. The summed E-state index contributed by atoms with van der Waals surface area (Å²) in [6.07, 6.45) is 1.18. The van der Waals surface area contributed by atoms with Gasteiger partial charge in [-0.25, -0.2) is 0 Å². The summed E-state index contributed by atoms with van der Waals surface area (Å²) in [5, 5.41) is 3.42. The van der Waals surface area contributed by atoms with Crippen LogP contribution in [0, 0.1) is 0 Å². The Kier molecular flexibility index (Phi) is 4.98. The molecule has 0 spiro atoms. The van der Waals surface area contributed by atoms with Crippen LogP contribution in [0.5, 0.6) is 0 Å². The van der Waals surface area contributed by atoms with Crippen LogP contribution in [0.4, 0.5) is 5.69 Å². The maximum absolute atomic E-state index is 3.42. The van der Waals surface area contributed by atoms with Gasteiger partial charge in [0.2, 0.25) is 0 Å². The fourth-order valence-corrected chi connectivity index (χ4v) is 2.44. The monoisotopic (exact) mass is 243 g/mol. The van der Waals surface area contributed by atoms with Crippen molar-refractivity contribution in [1.29, 1.82) is 0 Å². The Labute approximate surface area is 107 Å². The fourth-order valence-electron chi connectivity index (χ4n) is 1.57. The van der Waals surface area contributed by atoms with Gasteiger partial charge < -0.3 is 5.32 Å². The van der Waals surface area contributed by atoms with Crippen molar-refractivity contribution in [2.75, 3.05) is 17.6 Å². The highest BCUT2D eigenvalue weighted by Crippen LogP contribution is 2.17. The largest absolute Gasteiger partial charge is 0.385 e. The van der Waals surface area contributed by atoms with Gasteiger partial charge in [-0.15, -0.1) is 11.8 Å². The Bertz CT molecular complexity index is 372. The molecule has 1 nitrogen and oxygen atoms in total. The van der Waals surface area contributed by atoms with Crippen LogP contribution in [0.1, 0.15) is 6.42 Å². The third kappa shape index (κ3) is 4.53. The Morgan fingerprint density at radius 3 is 2.18 bits per heavy atom. The molecule has 2 rings (SSSR count). The second kappa shape index (κ2) is 7.02. The molecule has 0 fully saturated rings. The summed E-state index contributed by atoms with van der Waals surface area (Å²) in [7, 11) is 0. The SMILES string of the molecule is c1ccc(NCCCSc2ccccc2)cc1. The molecule has 0 aliphatic rings. The molecule has 88 valence electrons. The van der Waals surface area contributed by atoms with Gasteiger partial charge in [-0.3, -0.25) is 0 Å². The summed E-state index contributed by atoms with van der Waals surface area (Å²) in [6.45, 7) is 1.03. The van der Waals surface area contributed by atoms with Crippen molar-refractivity contribution in [3.63, 3.8) is 0 Å². The van der Waals surface area contributed by atoms with E-state index >= 15 is 0 Å². The van der Waals surface area contributed by atoms with Gasteiger partial charge in [0.25, 0.3) is 0 Å². The molecule has 0 aromatic heterocycles. The van der Waals surface area contributed by atoms with Gasteiger partial charge in [0.15, 0.2) is 0 Å². The van der Waals surface area contributed by atoms with Gasteiger partial charge in [0.05, 0.1) is 0 Å². The molecule has 2 aromatic rings. The number of rotatable bonds is 6. The predicted octanol–water partition coefficient (Wildman–Crippen LogP) is 4.28. The summed E-state index contributed by atoms with van der Waals surface area (Å²) in [5.74, 6) is 1.16. The van der Waals surface area contributed by atoms with Crippen LogP contribution in [-0.2, 0) is 0 Å². The number of hydrogen-bond donors (Lipinski definition) is 1. The van der Waals surface area contributed by atoms with Crippen molar-refractivity contribution in [3.05, 3.63) is 60.7 Å². The van der Waals surface area contributed by atoms with Crippen molar-refractivity contribution in [2.24, 2.45) is 0 Å². The molecule has 2 aromatic carbocycles. The van der Waals surface area contributed by atoms with Gasteiger partial charge in [-0.05, 0) is 36.4 Å². The van der Waals surface area contributed by atoms with Crippen molar-refractivity contribution in [2.45, 2.75) is 11.3 Å². The number of benzene rings is 2. The first-order valence-electron chi connectivity index (χ1n) is 5.92. The van der Waals surface area contributed by atoms with Crippen molar-refractivity contribution in [1.82, 2.24) is 0 Å². The summed E-state index contributed by atoms with van der Waals surface area (Å²) in [4.78, 5) is 1.35. The zero-order chi connectivity index (χ0) is 11.8. The van der Waals surface area contributed by atoms with E-state index in [9.17, 15) is 0 Å². The average molecular weight is 243 g/mol. The van der Waals surface area contributed by atoms with E-state index in [1.165, 1.54) is 17.0 Å². The van der Waals surface area contributed by atoms with Crippen LogP contribution in [0.15, 0.2) is 65.6 Å². The lowest BCUT2D eigenvalue weighted by Crippen LogP contribution is -2.01. The first-order chi connectivity index (χ1) is 8.45. The Morgan fingerprint density at radius 2 is 1.47 bits per heavy atom. The standard InChI is InChI=1S/C15H17NS/c1-3-8-14(9-4-1)16-12-7-13-17-15-10-5-2-6-11-15/h1-6,8-11,16H,7,12-13H2. The average Bonchev–Trinajstić information content (AvgIpc) is 2.41. The lowest BCUT2D eigenvalue weighted by Gasteiger charge is -2.05. The van der Waals surface area contributed by atoms with E-state index in [2.05, 4.69) is 59.9 Å². The van der Waals surface area contributed by atoms with Crippen LogP contribution in [0.2, 0.25) is 0 Å².